The molecule has 2 aromatic rings. The highest BCUT2D eigenvalue weighted by Crippen LogP contribution is 2.36. The van der Waals surface area contributed by atoms with E-state index in [0.717, 1.165) is 7.11 Å². The van der Waals surface area contributed by atoms with E-state index in [9.17, 15) is 27.2 Å². The van der Waals surface area contributed by atoms with Crippen molar-refractivity contribution < 1.29 is 36.6 Å². The van der Waals surface area contributed by atoms with Gasteiger partial charge in [-0.05, 0) is 12.1 Å². The first-order valence-electron chi connectivity index (χ1n) is 7.51. The van der Waals surface area contributed by atoms with Crippen LogP contribution in [-0.2, 0) is 15.7 Å². The molecule has 0 fully saturated rings. The minimum atomic E-state index is -5.11. The summed E-state index contributed by atoms with van der Waals surface area (Å²) in [4.78, 5) is 29.4. The van der Waals surface area contributed by atoms with Crippen LogP contribution in [-0.4, -0.2) is 43.4 Å². The van der Waals surface area contributed by atoms with Gasteiger partial charge in [-0.25, -0.2) is 9.18 Å². The second kappa shape index (κ2) is 8.57. The van der Waals surface area contributed by atoms with Crippen LogP contribution >= 0.6 is 11.6 Å². The molecule has 12 heteroatoms. The number of aromatic amines is 1. The summed E-state index contributed by atoms with van der Waals surface area (Å²) in [6, 6.07) is 0.587. The monoisotopic (exact) mass is 424 g/mol. The van der Waals surface area contributed by atoms with Gasteiger partial charge in [0.25, 0.3) is 11.6 Å². The SMILES string of the molecule is COCCOC(=O)c1cc(-c2c(C(F)(F)F)nc(OC)[nH]c2=O)c(F)cc1Cl. The summed E-state index contributed by atoms with van der Waals surface area (Å²) >= 11 is 5.80. The molecule has 1 N–H and O–H groups in total. The maximum Gasteiger partial charge on any atom is 0.434 e. The minimum absolute atomic E-state index is 0.0533. The van der Waals surface area contributed by atoms with E-state index in [4.69, 9.17) is 21.1 Å². The molecule has 0 amide bonds. The summed E-state index contributed by atoms with van der Waals surface area (Å²) < 4.78 is 68.6. The van der Waals surface area contributed by atoms with Gasteiger partial charge in [0.05, 0.1) is 29.9 Å². The first-order valence-corrected chi connectivity index (χ1v) is 7.89. The summed E-state index contributed by atoms with van der Waals surface area (Å²) in [7, 11) is 2.35. The Bertz CT molecular complexity index is 946. The summed E-state index contributed by atoms with van der Waals surface area (Å²) in [5.74, 6) is -2.30. The molecule has 1 aromatic carbocycles. The number of H-pyrrole nitrogens is 1. The van der Waals surface area contributed by atoms with Crippen molar-refractivity contribution in [3.63, 3.8) is 0 Å². The van der Waals surface area contributed by atoms with Crippen LogP contribution in [0.25, 0.3) is 11.1 Å². The van der Waals surface area contributed by atoms with Gasteiger partial charge >= 0.3 is 12.1 Å². The molecule has 7 nitrogen and oxygen atoms in total. The van der Waals surface area contributed by atoms with Gasteiger partial charge in [0, 0.05) is 12.7 Å². The molecular weight excluding hydrogens is 412 g/mol. The van der Waals surface area contributed by atoms with E-state index in [2.05, 4.69) is 9.72 Å². The summed E-state index contributed by atoms with van der Waals surface area (Å²) in [5, 5.41) is -0.407. The van der Waals surface area contributed by atoms with Crippen LogP contribution in [0.4, 0.5) is 17.6 Å². The van der Waals surface area contributed by atoms with E-state index in [0.29, 0.717) is 12.1 Å². The number of carbonyl (C=O) groups is 1. The smallest absolute Gasteiger partial charge is 0.434 e. The lowest BCUT2D eigenvalue weighted by atomic mass is 10.0. The number of hydrogen-bond acceptors (Lipinski definition) is 6. The fourth-order valence-electron chi connectivity index (χ4n) is 2.20. The van der Waals surface area contributed by atoms with E-state index in [1.807, 2.05) is 4.98 Å². The summed E-state index contributed by atoms with van der Waals surface area (Å²) in [6.07, 6.45) is -5.11. The van der Waals surface area contributed by atoms with Crippen LogP contribution in [0.15, 0.2) is 16.9 Å². The third-order valence-corrected chi connectivity index (χ3v) is 3.74. The average molecular weight is 425 g/mol. The molecule has 1 heterocycles. The van der Waals surface area contributed by atoms with Gasteiger partial charge in [-0.3, -0.25) is 9.78 Å². The predicted octanol–water partition coefficient (Wildman–Crippen LogP) is 3.06. The Morgan fingerprint density at radius 1 is 1.25 bits per heavy atom. The second-order valence-electron chi connectivity index (χ2n) is 5.24. The van der Waals surface area contributed by atoms with Crippen LogP contribution in [0.1, 0.15) is 16.1 Å². The van der Waals surface area contributed by atoms with Crippen molar-refractivity contribution in [2.45, 2.75) is 6.18 Å². The molecule has 0 saturated carbocycles. The standard InChI is InChI=1S/C16H13ClF4N2O5/c1-26-3-4-28-14(25)7-5-8(10(18)6-9(7)17)11-12(16(19,20)21)22-15(27-2)23-13(11)24/h5-6H,3-4H2,1-2H3,(H,22,23,24). The first-order chi connectivity index (χ1) is 13.1. The number of benzene rings is 1. The highest BCUT2D eigenvalue weighted by Gasteiger charge is 2.39. The molecule has 0 saturated heterocycles. The number of esters is 1. The zero-order valence-corrected chi connectivity index (χ0v) is 15.2. The van der Waals surface area contributed by atoms with E-state index < -0.39 is 56.9 Å². The van der Waals surface area contributed by atoms with Gasteiger partial charge in [0.15, 0.2) is 5.69 Å². The van der Waals surface area contributed by atoms with Crippen LogP contribution in [0.2, 0.25) is 5.02 Å². The molecular formula is C16H13ClF4N2O5. The number of nitrogens with zero attached hydrogens (tertiary/aromatic N) is 1. The molecule has 0 aliphatic rings. The van der Waals surface area contributed by atoms with E-state index >= 15 is 0 Å². The highest BCUT2D eigenvalue weighted by molar-refractivity contribution is 6.33. The van der Waals surface area contributed by atoms with Gasteiger partial charge in [0.1, 0.15) is 12.4 Å². The molecule has 0 atom stereocenters. The average Bonchev–Trinajstić information content (AvgIpc) is 2.61. The molecule has 152 valence electrons. The van der Waals surface area contributed by atoms with Crippen LogP contribution in [0.3, 0.4) is 0 Å². The number of aromatic nitrogens is 2. The number of ether oxygens (including phenoxy) is 3. The molecule has 1 aromatic heterocycles. The number of halogens is 5. The second-order valence-corrected chi connectivity index (χ2v) is 5.64. The Labute approximate surface area is 160 Å². The fraction of sp³-hybridized carbons (Fsp3) is 0.312. The van der Waals surface area contributed by atoms with Crippen molar-refractivity contribution in [3.05, 3.63) is 44.6 Å². The van der Waals surface area contributed by atoms with Crippen molar-refractivity contribution in [1.82, 2.24) is 9.97 Å². The highest BCUT2D eigenvalue weighted by atomic mass is 35.5. The Morgan fingerprint density at radius 3 is 2.50 bits per heavy atom. The van der Waals surface area contributed by atoms with Crippen molar-refractivity contribution >= 4 is 17.6 Å². The van der Waals surface area contributed by atoms with Gasteiger partial charge in [0.2, 0.25) is 0 Å². The Kier molecular flexibility index (Phi) is 6.62. The maximum atomic E-state index is 14.4. The van der Waals surface area contributed by atoms with E-state index in [1.165, 1.54) is 7.11 Å². The van der Waals surface area contributed by atoms with Gasteiger partial charge in [-0.1, -0.05) is 11.6 Å². The maximum absolute atomic E-state index is 14.4. The first kappa shape index (κ1) is 21.6. The quantitative estimate of drug-likeness (QED) is 0.435. The molecule has 0 bridgehead atoms. The van der Waals surface area contributed by atoms with E-state index in [1.54, 1.807) is 0 Å². The van der Waals surface area contributed by atoms with Crippen molar-refractivity contribution in [2.75, 3.05) is 27.4 Å². The number of hydrogen-bond donors (Lipinski definition) is 1. The molecule has 0 radical (unpaired) electrons. The Balaban J connectivity index is 2.67. The lowest BCUT2D eigenvalue weighted by molar-refractivity contribution is -0.141. The number of carbonyl (C=O) groups excluding carboxylic acids is 1. The largest absolute Gasteiger partial charge is 0.468 e. The zero-order valence-electron chi connectivity index (χ0n) is 14.4. The number of rotatable bonds is 6. The van der Waals surface area contributed by atoms with Gasteiger partial charge < -0.3 is 14.2 Å². The Morgan fingerprint density at radius 2 is 1.93 bits per heavy atom. The fourth-order valence-corrected chi connectivity index (χ4v) is 2.42. The van der Waals surface area contributed by atoms with Gasteiger partial charge in [-0.2, -0.15) is 18.2 Å². The minimum Gasteiger partial charge on any atom is -0.468 e. The lowest BCUT2D eigenvalue weighted by Gasteiger charge is -2.14. The van der Waals surface area contributed by atoms with Crippen LogP contribution < -0.4 is 10.3 Å². The molecule has 0 unspecified atom stereocenters. The summed E-state index contributed by atoms with van der Waals surface area (Å²) in [6.45, 7) is -0.117. The van der Waals surface area contributed by atoms with Gasteiger partial charge in [-0.15, -0.1) is 0 Å². The Hall–Kier alpha value is -2.66. The molecule has 0 aliphatic carbocycles. The number of nitrogens with one attached hydrogen (secondary N) is 1. The number of methoxy groups -OCH3 is 2. The molecule has 28 heavy (non-hydrogen) atoms. The van der Waals surface area contributed by atoms with Crippen molar-refractivity contribution in [1.29, 1.82) is 0 Å². The predicted molar refractivity (Wildman–Crippen MR) is 89.0 cm³/mol. The van der Waals surface area contributed by atoms with Crippen LogP contribution in [0.5, 0.6) is 6.01 Å². The normalized spacial score (nSPS) is 11.4. The van der Waals surface area contributed by atoms with Crippen molar-refractivity contribution in [2.24, 2.45) is 0 Å². The van der Waals surface area contributed by atoms with Crippen molar-refractivity contribution in [3.8, 4) is 17.1 Å². The topological polar surface area (TPSA) is 90.5 Å². The third kappa shape index (κ3) is 4.60. The lowest BCUT2D eigenvalue weighted by Crippen LogP contribution is -2.22. The number of alkyl halides is 3. The molecule has 0 aliphatic heterocycles. The molecule has 2 rings (SSSR count). The third-order valence-electron chi connectivity index (χ3n) is 3.43. The molecule has 0 spiro atoms. The van der Waals surface area contributed by atoms with Crippen LogP contribution in [0, 0.1) is 5.82 Å². The van der Waals surface area contributed by atoms with E-state index in [-0.39, 0.29) is 13.2 Å². The summed E-state index contributed by atoms with van der Waals surface area (Å²) in [5.41, 5.74) is -5.40. The zero-order chi connectivity index (χ0) is 21.1.